The Morgan fingerprint density at radius 1 is 0.879 bits per heavy atom. The number of rotatable bonds is 6. The smallest absolute Gasteiger partial charge is 0.160 e. The van der Waals surface area contributed by atoms with Crippen LogP contribution < -0.4 is 0 Å². The van der Waals surface area contributed by atoms with Crippen LogP contribution in [0.15, 0.2) is 97.2 Å². The summed E-state index contributed by atoms with van der Waals surface area (Å²) in [7, 11) is 0. The molecule has 3 aromatic carbocycles. The molecule has 4 rings (SSSR count). The maximum Gasteiger partial charge on any atom is 0.160 e. The lowest BCUT2D eigenvalue weighted by Crippen LogP contribution is -2.05. The third-order valence-electron chi connectivity index (χ3n) is 5.92. The first kappa shape index (κ1) is 24.1. The van der Waals surface area contributed by atoms with Crippen molar-refractivity contribution in [1.82, 2.24) is 4.98 Å². The van der Waals surface area contributed by atoms with Gasteiger partial charge in [0.15, 0.2) is 5.78 Å². The van der Waals surface area contributed by atoms with E-state index in [1.807, 2.05) is 42.6 Å². The molecule has 33 heavy (non-hydrogen) atoms. The Hall–Kier alpha value is -3.52. The fourth-order valence-corrected chi connectivity index (χ4v) is 3.96. The van der Waals surface area contributed by atoms with Crippen molar-refractivity contribution < 1.29 is 6.22 Å². The molecule has 0 N–H and O–H groups in total. The summed E-state index contributed by atoms with van der Waals surface area (Å²) in [5.74, 6) is 0.417. The molecule has 1 heterocycles. The van der Waals surface area contributed by atoms with E-state index in [0.717, 1.165) is 29.7 Å². The van der Waals surface area contributed by atoms with Crippen molar-refractivity contribution in [3.05, 3.63) is 125 Å². The Morgan fingerprint density at radius 3 is 2.18 bits per heavy atom. The summed E-state index contributed by atoms with van der Waals surface area (Å²) < 4.78 is 0. The van der Waals surface area contributed by atoms with Crippen LogP contribution in [0.4, 0.5) is 0 Å². The Bertz CT molecular complexity index is 1170. The average molecular weight is 438 g/mol. The average Bonchev–Trinajstić information content (AvgIpc) is 2.84. The second-order valence-electron chi connectivity index (χ2n) is 8.59. The van der Waals surface area contributed by atoms with Crippen LogP contribution in [0.3, 0.4) is 0 Å². The predicted octanol–water partition coefficient (Wildman–Crippen LogP) is 8.24. The van der Waals surface area contributed by atoms with E-state index in [-0.39, 0.29) is 7.21 Å². The Labute approximate surface area is 199 Å². The molecular formula is C31H35NO. The van der Waals surface area contributed by atoms with Crippen LogP contribution in [-0.2, 0) is 6.42 Å². The number of hydrogen-bond donors (Lipinski definition) is 0. The van der Waals surface area contributed by atoms with Crippen molar-refractivity contribution in [2.24, 2.45) is 0 Å². The van der Waals surface area contributed by atoms with Gasteiger partial charge in [-0.2, -0.15) is 0 Å². The van der Waals surface area contributed by atoms with E-state index in [1.165, 1.54) is 22.3 Å². The normalized spacial score (nSPS) is 11.3. The number of aryl methyl sites for hydroxylation is 3. The quantitative estimate of drug-likeness (QED) is 0.284. The summed E-state index contributed by atoms with van der Waals surface area (Å²) in [6.07, 6.45) is 3.71. The van der Waals surface area contributed by atoms with Gasteiger partial charge in [-0.25, -0.2) is 0 Å². The molecule has 1 atom stereocenters. The van der Waals surface area contributed by atoms with E-state index >= 15 is 0 Å². The minimum Gasteiger partial charge on any atom is -0.295 e. The summed E-state index contributed by atoms with van der Waals surface area (Å²) in [6, 6.07) is 30.9. The first-order chi connectivity index (χ1) is 16.0. The van der Waals surface area contributed by atoms with E-state index < -0.39 is 0 Å². The minimum absolute atomic E-state index is 0. The van der Waals surface area contributed by atoms with Crippen LogP contribution in [-0.4, -0.2) is 10.8 Å². The second-order valence-corrected chi connectivity index (χ2v) is 8.59. The van der Waals surface area contributed by atoms with Crippen molar-refractivity contribution in [3.63, 3.8) is 0 Å². The van der Waals surface area contributed by atoms with Gasteiger partial charge in [-0.1, -0.05) is 91.3 Å². The van der Waals surface area contributed by atoms with Gasteiger partial charge >= 0.3 is 0 Å². The van der Waals surface area contributed by atoms with Crippen molar-refractivity contribution in [2.75, 3.05) is 0 Å². The number of carbonyl (C=O) groups is 1. The molecule has 0 bridgehead atoms. The second kappa shape index (κ2) is 11.9. The summed E-state index contributed by atoms with van der Waals surface area (Å²) >= 11 is 0. The van der Waals surface area contributed by atoms with Crippen molar-refractivity contribution in [3.8, 4) is 11.1 Å². The van der Waals surface area contributed by atoms with Crippen LogP contribution in [0.2, 0.25) is 0 Å². The number of aromatic nitrogens is 1. The Morgan fingerprint density at radius 2 is 1.58 bits per heavy atom. The molecule has 1 aromatic heterocycles. The zero-order valence-electron chi connectivity index (χ0n) is 20.1. The molecule has 0 aliphatic rings. The first-order valence-corrected chi connectivity index (χ1v) is 11.6. The van der Waals surface area contributed by atoms with E-state index in [2.05, 4.69) is 80.4 Å². The zero-order chi connectivity index (χ0) is 23.6. The fraction of sp³-hybridized carbons (Fsp3) is 0.226. The molecule has 0 saturated heterocycles. The maximum absolute atomic E-state index is 12.1. The number of pyridine rings is 1. The minimum atomic E-state index is 0. The molecule has 170 valence electrons. The molecular weight excluding hydrogens is 402 g/mol. The van der Waals surface area contributed by atoms with Gasteiger partial charge < -0.3 is 0 Å². The number of nitrogens with zero attached hydrogens (tertiary/aromatic N) is 1. The highest BCUT2D eigenvalue weighted by atomic mass is 16.1. The van der Waals surface area contributed by atoms with Gasteiger partial charge in [-0.15, -0.1) is 0 Å². The van der Waals surface area contributed by atoms with Crippen LogP contribution in [0.1, 0.15) is 60.4 Å². The van der Waals surface area contributed by atoms with Crippen LogP contribution in [0.5, 0.6) is 0 Å². The number of Topliss-reactive ketones (excluding diaryl/α,β-unsaturated/α-hetero) is 1. The molecule has 2 nitrogen and oxygen atoms in total. The number of hydrogen-bond acceptors (Lipinski definition) is 2. The van der Waals surface area contributed by atoms with E-state index in [4.69, 9.17) is 0 Å². The molecule has 0 saturated carbocycles. The molecule has 1 unspecified atom stereocenters. The van der Waals surface area contributed by atoms with Crippen molar-refractivity contribution in [2.45, 2.75) is 46.5 Å². The van der Waals surface area contributed by atoms with Gasteiger partial charge in [0.2, 0.25) is 0 Å². The van der Waals surface area contributed by atoms with Gasteiger partial charge in [0.25, 0.3) is 0 Å². The van der Waals surface area contributed by atoms with Crippen LogP contribution in [0.25, 0.3) is 11.1 Å². The van der Waals surface area contributed by atoms with Gasteiger partial charge in [-0.3, -0.25) is 9.78 Å². The summed E-state index contributed by atoms with van der Waals surface area (Å²) in [5.41, 5.74) is 8.02. The maximum atomic E-state index is 12.1. The zero-order valence-corrected chi connectivity index (χ0v) is 20.1. The Kier molecular flexibility index (Phi) is 8.71. The Balaban J connectivity index is 0.000000439. The topological polar surface area (TPSA) is 30.0 Å². The summed E-state index contributed by atoms with van der Waals surface area (Å²) in [5, 5.41) is 0. The van der Waals surface area contributed by atoms with Gasteiger partial charge in [0.1, 0.15) is 0 Å². The first-order valence-electron chi connectivity index (χ1n) is 11.6. The SMILES string of the molecule is CC(=O)c1ccc(-c2ccccc2C)cc1C(C)CCc1ccccn1.Cc1ccccc1.[HH]. The van der Waals surface area contributed by atoms with Crippen molar-refractivity contribution in [1.29, 1.82) is 0 Å². The van der Waals surface area contributed by atoms with Gasteiger partial charge in [0.05, 0.1) is 0 Å². The molecule has 2 heteroatoms. The van der Waals surface area contributed by atoms with E-state index in [9.17, 15) is 4.79 Å². The summed E-state index contributed by atoms with van der Waals surface area (Å²) in [6.45, 7) is 8.06. The lowest BCUT2D eigenvalue weighted by Gasteiger charge is -2.17. The highest BCUT2D eigenvalue weighted by Gasteiger charge is 2.16. The molecule has 0 aliphatic heterocycles. The molecule has 0 aliphatic carbocycles. The molecule has 4 aromatic rings. The van der Waals surface area contributed by atoms with Gasteiger partial charge in [-0.05, 0) is 73.9 Å². The lowest BCUT2D eigenvalue weighted by molar-refractivity contribution is 0.101. The van der Waals surface area contributed by atoms with Gasteiger partial charge in [0, 0.05) is 18.9 Å². The monoisotopic (exact) mass is 437 g/mol. The van der Waals surface area contributed by atoms with E-state index in [1.54, 1.807) is 6.92 Å². The standard InChI is InChI=1S/C24H25NO.C7H8.H2/c1-17-8-4-5-10-22(17)20-12-14-23(19(3)26)24(16-20)18(2)11-13-21-9-6-7-15-25-21;1-7-5-3-2-4-6-7;/h4-10,12,14-16,18H,11,13H2,1-3H3;2-6H,1H3;1H. The highest BCUT2D eigenvalue weighted by Crippen LogP contribution is 2.31. The highest BCUT2D eigenvalue weighted by molar-refractivity contribution is 5.96. The van der Waals surface area contributed by atoms with Crippen molar-refractivity contribution >= 4 is 5.78 Å². The lowest BCUT2D eigenvalue weighted by atomic mass is 9.87. The van der Waals surface area contributed by atoms with E-state index in [0.29, 0.717) is 5.92 Å². The molecule has 0 amide bonds. The third kappa shape index (κ3) is 6.98. The predicted molar refractivity (Wildman–Crippen MR) is 141 cm³/mol. The number of carbonyl (C=O) groups excluding carboxylic acids is 1. The number of ketones is 1. The largest absolute Gasteiger partial charge is 0.295 e. The summed E-state index contributed by atoms with van der Waals surface area (Å²) in [4.78, 5) is 16.6. The third-order valence-corrected chi connectivity index (χ3v) is 5.92. The number of benzene rings is 3. The van der Waals surface area contributed by atoms with Crippen LogP contribution >= 0.6 is 0 Å². The molecule has 0 fully saturated rings. The fourth-order valence-electron chi connectivity index (χ4n) is 3.96. The van der Waals surface area contributed by atoms with Crippen LogP contribution in [0, 0.1) is 13.8 Å². The molecule has 0 spiro atoms. The molecule has 0 radical (unpaired) electrons.